The van der Waals surface area contributed by atoms with E-state index in [0.717, 1.165) is 31.8 Å². The molecule has 120 valence electrons. The van der Waals surface area contributed by atoms with Crippen molar-refractivity contribution in [3.63, 3.8) is 0 Å². The van der Waals surface area contributed by atoms with Gasteiger partial charge in [0.05, 0.1) is 12.3 Å². The molecule has 1 rings (SSSR count). The molecule has 0 fully saturated rings. The van der Waals surface area contributed by atoms with Gasteiger partial charge in [0.2, 0.25) is 5.88 Å². The molecule has 1 N–H and O–H groups in total. The first-order valence-electron chi connectivity index (χ1n) is 8.38. The molecule has 0 bridgehead atoms. The van der Waals surface area contributed by atoms with Gasteiger partial charge in [0, 0.05) is 12.6 Å². The van der Waals surface area contributed by atoms with Crippen LogP contribution in [0.1, 0.15) is 65.0 Å². The van der Waals surface area contributed by atoms with Crippen LogP contribution in [0.15, 0.2) is 12.1 Å². The van der Waals surface area contributed by atoms with Gasteiger partial charge < -0.3 is 10.1 Å². The molecule has 1 aromatic rings. The molecule has 0 amide bonds. The van der Waals surface area contributed by atoms with Gasteiger partial charge in [0.25, 0.3) is 0 Å². The van der Waals surface area contributed by atoms with E-state index >= 15 is 0 Å². The molecular formula is C17H31N3O. The van der Waals surface area contributed by atoms with Crippen LogP contribution in [-0.2, 0) is 6.54 Å². The molecule has 0 aliphatic rings. The number of rotatable bonds is 12. The van der Waals surface area contributed by atoms with Gasteiger partial charge in [0.15, 0.2) is 0 Å². The Morgan fingerprint density at radius 3 is 2.48 bits per heavy atom. The van der Waals surface area contributed by atoms with Gasteiger partial charge in [-0.25, -0.2) is 0 Å². The summed E-state index contributed by atoms with van der Waals surface area (Å²) in [6, 6.07) is 3.90. The van der Waals surface area contributed by atoms with Crippen LogP contribution in [0.5, 0.6) is 5.88 Å². The molecule has 0 aromatic carbocycles. The van der Waals surface area contributed by atoms with Crippen LogP contribution in [0.2, 0.25) is 0 Å². The highest BCUT2D eigenvalue weighted by Gasteiger charge is 2.00. The van der Waals surface area contributed by atoms with Crippen LogP contribution < -0.4 is 10.1 Å². The van der Waals surface area contributed by atoms with Crippen LogP contribution in [0.4, 0.5) is 0 Å². The minimum absolute atomic E-state index is 0.635. The molecule has 0 spiro atoms. The number of aromatic nitrogens is 2. The van der Waals surface area contributed by atoms with E-state index in [1.54, 1.807) is 0 Å². The summed E-state index contributed by atoms with van der Waals surface area (Å²) in [5, 5.41) is 11.6. The van der Waals surface area contributed by atoms with Crippen molar-refractivity contribution in [2.45, 2.75) is 65.8 Å². The summed E-state index contributed by atoms with van der Waals surface area (Å²) in [6.07, 6.45) is 7.63. The van der Waals surface area contributed by atoms with Crippen LogP contribution >= 0.6 is 0 Å². The third kappa shape index (κ3) is 9.40. The summed E-state index contributed by atoms with van der Waals surface area (Å²) < 4.78 is 5.62. The topological polar surface area (TPSA) is 47.0 Å². The van der Waals surface area contributed by atoms with E-state index in [1.165, 1.54) is 32.1 Å². The van der Waals surface area contributed by atoms with E-state index in [2.05, 4.69) is 36.3 Å². The van der Waals surface area contributed by atoms with Crippen molar-refractivity contribution in [3.8, 4) is 5.88 Å². The molecule has 0 unspecified atom stereocenters. The minimum Gasteiger partial charge on any atom is -0.477 e. The molecule has 0 saturated carbocycles. The number of ether oxygens (including phenoxy) is 1. The average Bonchev–Trinajstić information content (AvgIpc) is 2.47. The Hall–Kier alpha value is -1.16. The Morgan fingerprint density at radius 1 is 1.05 bits per heavy atom. The highest BCUT2D eigenvalue weighted by molar-refractivity contribution is 5.11. The second-order valence-corrected chi connectivity index (χ2v) is 6.00. The molecule has 0 atom stereocenters. The van der Waals surface area contributed by atoms with E-state index in [0.29, 0.717) is 11.8 Å². The fourth-order valence-corrected chi connectivity index (χ4v) is 2.07. The quantitative estimate of drug-likeness (QED) is 0.593. The Morgan fingerprint density at radius 2 is 1.81 bits per heavy atom. The lowest BCUT2D eigenvalue weighted by atomic mass is 10.1. The van der Waals surface area contributed by atoms with E-state index in [-0.39, 0.29) is 0 Å². The van der Waals surface area contributed by atoms with Gasteiger partial charge in [-0.2, -0.15) is 5.10 Å². The summed E-state index contributed by atoms with van der Waals surface area (Å²) in [4.78, 5) is 0. The van der Waals surface area contributed by atoms with E-state index < -0.39 is 0 Å². The maximum atomic E-state index is 5.62. The smallest absolute Gasteiger partial charge is 0.233 e. The Bertz CT molecular complexity index is 352. The van der Waals surface area contributed by atoms with Crippen molar-refractivity contribution in [1.29, 1.82) is 0 Å². The van der Waals surface area contributed by atoms with Gasteiger partial charge in [-0.05, 0) is 24.9 Å². The number of hydrogen-bond donors (Lipinski definition) is 1. The lowest BCUT2D eigenvalue weighted by Gasteiger charge is -2.07. The summed E-state index contributed by atoms with van der Waals surface area (Å²) >= 11 is 0. The van der Waals surface area contributed by atoms with Gasteiger partial charge in [0.1, 0.15) is 0 Å². The van der Waals surface area contributed by atoms with Gasteiger partial charge in [-0.15, -0.1) is 5.10 Å². The Balaban J connectivity index is 2.10. The zero-order chi connectivity index (χ0) is 15.3. The largest absolute Gasteiger partial charge is 0.477 e. The highest BCUT2D eigenvalue weighted by Crippen LogP contribution is 2.08. The number of nitrogens with one attached hydrogen (secondary N) is 1. The van der Waals surface area contributed by atoms with Crippen molar-refractivity contribution in [2.24, 2.45) is 5.92 Å². The SMILES string of the molecule is CCCCCCCCOc1ccc(CNCC(C)C)nn1. The second kappa shape index (κ2) is 11.5. The molecule has 21 heavy (non-hydrogen) atoms. The standard InChI is InChI=1S/C17H31N3O/c1-4-5-6-7-8-9-12-21-17-11-10-16(19-20-17)14-18-13-15(2)3/h10-11,15,18H,4-9,12-14H2,1-3H3. The van der Waals surface area contributed by atoms with Crippen LogP contribution in [0.25, 0.3) is 0 Å². The summed E-state index contributed by atoms with van der Waals surface area (Å²) in [5.74, 6) is 1.29. The molecule has 1 aromatic heterocycles. The lowest BCUT2D eigenvalue weighted by Crippen LogP contribution is -2.19. The average molecular weight is 293 g/mol. The molecule has 1 heterocycles. The monoisotopic (exact) mass is 293 g/mol. The number of unbranched alkanes of at least 4 members (excludes halogenated alkanes) is 5. The predicted octanol–water partition coefficient (Wildman–Crippen LogP) is 3.96. The van der Waals surface area contributed by atoms with E-state index in [9.17, 15) is 0 Å². The first kappa shape index (κ1) is 17.9. The molecule has 0 aliphatic carbocycles. The second-order valence-electron chi connectivity index (χ2n) is 6.00. The third-order valence-electron chi connectivity index (χ3n) is 3.30. The Labute approximate surface area is 129 Å². The fraction of sp³-hybridized carbons (Fsp3) is 0.765. The van der Waals surface area contributed by atoms with Crippen molar-refractivity contribution in [2.75, 3.05) is 13.2 Å². The fourth-order valence-electron chi connectivity index (χ4n) is 2.07. The highest BCUT2D eigenvalue weighted by atomic mass is 16.5. The zero-order valence-corrected chi connectivity index (χ0v) is 13.9. The molecule has 0 saturated heterocycles. The Kier molecular flexibility index (Phi) is 9.79. The van der Waals surface area contributed by atoms with Crippen LogP contribution in [0.3, 0.4) is 0 Å². The van der Waals surface area contributed by atoms with Crippen LogP contribution in [-0.4, -0.2) is 23.3 Å². The van der Waals surface area contributed by atoms with Gasteiger partial charge in [-0.3, -0.25) is 0 Å². The third-order valence-corrected chi connectivity index (χ3v) is 3.30. The number of nitrogens with zero attached hydrogens (tertiary/aromatic N) is 2. The van der Waals surface area contributed by atoms with Crippen molar-refractivity contribution in [3.05, 3.63) is 17.8 Å². The maximum absolute atomic E-state index is 5.62. The number of hydrogen-bond acceptors (Lipinski definition) is 4. The van der Waals surface area contributed by atoms with Gasteiger partial charge in [-0.1, -0.05) is 52.9 Å². The van der Waals surface area contributed by atoms with E-state index in [4.69, 9.17) is 4.74 Å². The molecular weight excluding hydrogens is 262 g/mol. The molecule has 0 aliphatic heterocycles. The normalized spacial score (nSPS) is 11.0. The summed E-state index contributed by atoms with van der Waals surface area (Å²) in [6.45, 7) is 9.13. The summed E-state index contributed by atoms with van der Waals surface area (Å²) in [5.41, 5.74) is 0.961. The molecule has 0 radical (unpaired) electrons. The molecule has 4 nitrogen and oxygen atoms in total. The molecule has 4 heteroatoms. The predicted molar refractivity (Wildman–Crippen MR) is 87.4 cm³/mol. The lowest BCUT2D eigenvalue weighted by molar-refractivity contribution is 0.289. The minimum atomic E-state index is 0.635. The zero-order valence-electron chi connectivity index (χ0n) is 13.9. The van der Waals surface area contributed by atoms with Gasteiger partial charge >= 0.3 is 0 Å². The van der Waals surface area contributed by atoms with Crippen molar-refractivity contribution < 1.29 is 4.74 Å². The van der Waals surface area contributed by atoms with Crippen molar-refractivity contribution in [1.82, 2.24) is 15.5 Å². The van der Waals surface area contributed by atoms with E-state index in [1.807, 2.05) is 12.1 Å². The van der Waals surface area contributed by atoms with Crippen molar-refractivity contribution >= 4 is 0 Å². The summed E-state index contributed by atoms with van der Waals surface area (Å²) in [7, 11) is 0. The first-order chi connectivity index (χ1) is 10.2. The maximum Gasteiger partial charge on any atom is 0.233 e. The first-order valence-corrected chi connectivity index (χ1v) is 8.38. The van der Waals surface area contributed by atoms with Crippen LogP contribution in [0, 0.1) is 5.92 Å².